The van der Waals surface area contributed by atoms with Gasteiger partial charge in [-0.15, -0.1) is 6.58 Å². The van der Waals surface area contributed by atoms with Gasteiger partial charge in [0.2, 0.25) is 5.91 Å². The lowest BCUT2D eigenvalue weighted by Gasteiger charge is -2.37. The van der Waals surface area contributed by atoms with Crippen LogP contribution in [0.3, 0.4) is 0 Å². The topological polar surface area (TPSA) is 159 Å². The average Bonchev–Trinajstić information content (AvgIpc) is 2.71. The molecular formula is C24H41ClN3O7-. The van der Waals surface area contributed by atoms with Gasteiger partial charge in [-0.3, -0.25) is 16.6 Å². The van der Waals surface area contributed by atoms with Crippen LogP contribution < -0.4 is 10.6 Å². The molecule has 0 bridgehead atoms. The average molecular weight is 519 g/mol. The molecule has 0 heterocycles. The molecule has 2 aliphatic rings. The Morgan fingerprint density at radius 3 is 2.03 bits per heavy atom. The predicted octanol–water partition coefficient (Wildman–Crippen LogP) is 3.25. The van der Waals surface area contributed by atoms with Crippen molar-refractivity contribution in [3.8, 4) is 0 Å². The summed E-state index contributed by atoms with van der Waals surface area (Å²) in [4.78, 5) is 37.5. The molecule has 4 atom stereocenters. The summed E-state index contributed by atoms with van der Waals surface area (Å²) in [5.74, 6) is -0.850. The number of carboxylic acids is 1. The number of hydrogen-bond acceptors (Lipinski definition) is 6. The minimum absolute atomic E-state index is 0.342. The number of carboxylic acid groups (broad SMARTS) is 1. The molecule has 0 aliphatic heterocycles. The molecule has 0 aromatic rings. The molecule has 2 rings (SSSR count). The van der Waals surface area contributed by atoms with Gasteiger partial charge in [-0.1, -0.05) is 57.1 Å². The van der Waals surface area contributed by atoms with Gasteiger partial charge in [0, 0.05) is 6.54 Å². The fourth-order valence-corrected chi connectivity index (χ4v) is 3.92. The number of nitrogens with one attached hydrogen (secondary N) is 2. The van der Waals surface area contributed by atoms with E-state index in [4.69, 9.17) is 21.6 Å². The zero-order valence-corrected chi connectivity index (χ0v) is 21.7. The molecule has 2 saturated carbocycles. The number of carbonyl (C=O) groups excluding carboxylic acids is 2. The third-order valence-electron chi connectivity index (χ3n) is 6.13. The van der Waals surface area contributed by atoms with Crippen molar-refractivity contribution in [2.75, 3.05) is 6.54 Å². The van der Waals surface area contributed by atoms with Crippen molar-refractivity contribution >= 4 is 29.7 Å². The Kier molecular flexibility index (Phi) is 13.6. The largest absolute Gasteiger partial charge is 0.570 e. The molecule has 202 valence electrons. The molecule has 2 fully saturated rings. The third-order valence-corrected chi connectivity index (χ3v) is 6.38. The SMILES string of the molecule is C=CCNC(=O)C(O)C(CC1CCC1)[N-]Cl.CC(C)(C)OC(=O)NC(CC1CCC1)C(O)C(=O)O. The number of ether oxygens (including phenoxy) is 1. The molecule has 0 aromatic heterocycles. The molecule has 4 unspecified atom stereocenters. The lowest BCUT2D eigenvalue weighted by molar-refractivity contribution is -0.148. The first kappa shape index (κ1) is 31.2. The number of aliphatic hydroxyl groups is 2. The predicted molar refractivity (Wildman–Crippen MR) is 133 cm³/mol. The van der Waals surface area contributed by atoms with Crippen LogP contribution in [0, 0.1) is 11.8 Å². The summed E-state index contributed by atoms with van der Waals surface area (Å²) >= 11 is 5.43. The van der Waals surface area contributed by atoms with Gasteiger partial charge in [0.25, 0.3) is 0 Å². The number of rotatable bonds is 12. The number of carbonyl (C=O) groups is 3. The highest BCUT2D eigenvalue weighted by Crippen LogP contribution is 2.33. The Bertz CT molecular complexity index is 693. The number of halogens is 1. The van der Waals surface area contributed by atoms with Crippen molar-refractivity contribution in [2.24, 2.45) is 11.8 Å². The normalized spacial score (nSPS) is 19.4. The first-order valence-electron chi connectivity index (χ1n) is 12.2. The molecule has 0 spiro atoms. The number of aliphatic carboxylic acids is 1. The van der Waals surface area contributed by atoms with Crippen LogP contribution in [-0.2, 0) is 14.3 Å². The number of amides is 2. The lowest BCUT2D eigenvalue weighted by Crippen LogP contribution is -2.49. The number of aliphatic hydroxyl groups excluding tert-OH is 2. The second kappa shape index (κ2) is 15.3. The van der Waals surface area contributed by atoms with Gasteiger partial charge in [-0.2, -0.15) is 0 Å². The fraction of sp³-hybridized carbons (Fsp3) is 0.792. The second-order valence-electron chi connectivity index (χ2n) is 10.2. The number of alkyl carbamates (subject to hydrolysis) is 1. The third kappa shape index (κ3) is 12.1. The maximum atomic E-state index is 11.6. The highest BCUT2D eigenvalue weighted by Gasteiger charge is 2.33. The quantitative estimate of drug-likeness (QED) is 0.248. The molecule has 5 N–H and O–H groups in total. The summed E-state index contributed by atoms with van der Waals surface area (Å²) in [7, 11) is 0. The van der Waals surface area contributed by atoms with Crippen molar-refractivity contribution in [2.45, 2.75) is 102 Å². The van der Waals surface area contributed by atoms with Crippen LogP contribution in [0.15, 0.2) is 12.7 Å². The van der Waals surface area contributed by atoms with Crippen LogP contribution in [0.25, 0.3) is 4.84 Å². The van der Waals surface area contributed by atoms with E-state index < -0.39 is 47.9 Å². The van der Waals surface area contributed by atoms with Gasteiger partial charge in [0.1, 0.15) is 11.7 Å². The summed E-state index contributed by atoms with van der Waals surface area (Å²) in [5.41, 5.74) is -0.653. The van der Waals surface area contributed by atoms with E-state index in [9.17, 15) is 24.6 Å². The highest BCUT2D eigenvalue weighted by atomic mass is 35.5. The smallest absolute Gasteiger partial charge is 0.407 e. The molecular weight excluding hydrogens is 478 g/mol. The van der Waals surface area contributed by atoms with Gasteiger partial charge in [0.15, 0.2) is 6.10 Å². The minimum Gasteiger partial charge on any atom is -0.570 e. The van der Waals surface area contributed by atoms with E-state index in [0.29, 0.717) is 31.2 Å². The molecule has 0 aromatic carbocycles. The van der Waals surface area contributed by atoms with Crippen LogP contribution in [0.2, 0.25) is 0 Å². The van der Waals surface area contributed by atoms with Crippen molar-refractivity contribution < 1.29 is 34.4 Å². The lowest BCUT2D eigenvalue weighted by atomic mass is 9.80. The zero-order chi connectivity index (χ0) is 26.6. The molecule has 10 nitrogen and oxygen atoms in total. The number of nitrogens with zero attached hydrogens (tertiary/aromatic N) is 1. The molecule has 0 radical (unpaired) electrons. The highest BCUT2D eigenvalue weighted by molar-refractivity contribution is 6.25. The van der Waals surface area contributed by atoms with E-state index in [-0.39, 0.29) is 0 Å². The zero-order valence-electron chi connectivity index (χ0n) is 20.9. The summed E-state index contributed by atoms with van der Waals surface area (Å²) in [5, 5.41) is 33.2. The van der Waals surface area contributed by atoms with E-state index in [1.807, 2.05) is 0 Å². The molecule has 2 amide bonds. The van der Waals surface area contributed by atoms with E-state index in [1.54, 1.807) is 26.8 Å². The van der Waals surface area contributed by atoms with Gasteiger partial charge in [-0.25, -0.2) is 9.59 Å². The van der Waals surface area contributed by atoms with Crippen LogP contribution in [0.1, 0.15) is 72.1 Å². The summed E-state index contributed by atoms with van der Waals surface area (Å²) in [6, 6.07) is -1.31. The van der Waals surface area contributed by atoms with Crippen molar-refractivity contribution in [3.05, 3.63) is 17.5 Å². The second-order valence-corrected chi connectivity index (χ2v) is 10.4. The van der Waals surface area contributed by atoms with Crippen LogP contribution in [0.4, 0.5) is 4.79 Å². The molecule has 35 heavy (non-hydrogen) atoms. The molecule has 0 saturated heterocycles. The Hall–Kier alpha value is -1.88. The van der Waals surface area contributed by atoms with Crippen molar-refractivity contribution in [3.63, 3.8) is 0 Å². The van der Waals surface area contributed by atoms with Gasteiger partial charge in [-0.05, 0) is 39.0 Å². The van der Waals surface area contributed by atoms with Crippen molar-refractivity contribution in [1.29, 1.82) is 0 Å². The van der Waals surface area contributed by atoms with E-state index in [2.05, 4.69) is 22.0 Å². The standard InChI is InChI=1S/C13H23NO5.C11H18ClN2O2/c1-13(2,3)19-12(18)14-9(10(15)11(16)17)7-8-5-4-6-8;1-2-6-13-11(16)10(15)9(14-12)7-8-4-3-5-8/h8-10,15H,4-7H2,1-3H3,(H,14,18)(H,16,17);2,8-10,15H,1,3-7H2,(H,13,16)/q;-1. The van der Waals surface area contributed by atoms with Gasteiger partial charge < -0.3 is 35.5 Å². The van der Waals surface area contributed by atoms with Crippen molar-refractivity contribution in [1.82, 2.24) is 10.6 Å². The summed E-state index contributed by atoms with van der Waals surface area (Å²) in [6.07, 6.45) is 5.91. The maximum absolute atomic E-state index is 11.6. The summed E-state index contributed by atoms with van der Waals surface area (Å²) < 4.78 is 5.08. The monoisotopic (exact) mass is 518 g/mol. The van der Waals surface area contributed by atoms with Gasteiger partial charge >= 0.3 is 12.1 Å². The fourth-order valence-electron chi connectivity index (χ4n) is 3.73. The molecule has 2 aliphatic carbocycles. The van der Waals surface area contributed by atoms with Crippen LogP contribution >= 0.6 is 11.8 Å². The van der Waals surface area contributed by atoms with E-state index in [1.165, 1.54) is 6.42 Å². The Balaban J connectivity index is 0.000000355. The van der Waals surface area contributed by atoms with Crippen LogP contribution in [0.5, 0.6) is 0 Å². The molecule has 11 heteroatoms. The Morgan fingerprint density at radius 1 is 1.09 bits per heavy atom. The van der Waals surface area contributed by atoms with E-state index in [0.717, 1.165) is 32.1 Å². The minimum atomic E-state index is -1.60. The number of hydrogen-bond donors (Lipinski definition) is 5. The Labute approximate surface area is 212 Å². The maximum Gasteiger partial charge on any atom is 0.407 e. The Morgan fingerprint density at radius 2 is 1.63 bits per heavy atom. The first-order chi connectivity index (χ1) is 16.4. The first-order valence-corrected chi connectivity index (χ1v) is 12.5. The van der Waals surface area contributed by atoms with Gasteiger partial charge in [0.05, 0.1) is 6.04 Å². The van der Waals surface area contributed by atoms with Crippen LogP contribution in [-0.4, -0.2) is 69.7 Å². The van der Waals surface area contributed by atoms with E-state index >= 15 is 0 Å². The summed E-state index contributed by atoms with van der Waals surface area (Å²) in [6.45, 7) is 8.99.